The van der Waals surface area contributed by atoms with Crippen LogP contribution in [-0.4, -0.2) is 39.3 Å². The molecule has 1 fully saturated rings. The summed E-state index contributed by atoms with van der Waals surface area (Å²) in [5.41, 5.74) is 2.38. The Morgan fingerprint density at radius 3 is 2.91 bits per heavy atom. The predicted molar refractivity (Wildman–Crippen MR) is 89.2 cm³/mol. The van der Waals surface area contributed by atoms with E-state index in [2.05, 4.69) is 5.32 Å². The van der Waals surface area contributed by atoms with Crippen molar-refractivity contribution in [3.05, 3.63) is 23.8 Å². The lowest BCUT2D eigenvalue weighted by molar-refractivity contribution is -0.124. The number of anilines is 2. The van der Waals surface area contributed by atoms with E-state index in [9.17, 15) is 13.2 Å². The topological polar surface area (TPSA) is 75.7 Å². The highest BCUT2D eigenvalue weighted by Crippen LogP contribution is 2.32. The van der Waals surface area contributed by atoms with Gasteiger partial charge in [0.25, 0.3) is 5.91 Å². The van der Waals surface area contributed by atoms with E-state index in [4.69, 9.17) is 4.74 Å². The molecule has 7 heteroatoms. The number of benzene rings is 1. The third-order valence-electron chi connectivity index (χ3n) is 4.35. The minimum absolute atomic E-state index is 0.0872. The summed E-state index contributed by atoms with van der Waals surface area (Å²) in [5.74, 6) is -0.0412. The lowest BCUT2D eigenvalue weighted by Crippen LogP contribution is -2.36. The maximum atomic E-state index is 12.2. The van der Waals surface area contributed by atoms with Crippen LogP contribution in [0.5, 0.6) is 0 Å². The molecule has 2 aliphatic heterocycles. The number of nitrogens with one attached hydrogen (secondary N) is 1. The zero-order chi connectivity index (χ0) is 16.4. The van der Waals surface area contributed by atoms with Crippen molar-refractivity contribution >= 4 is 27.3 Å². The molecule has 2 aliphatic rings. The SMILES string of the molecule is CCS(=O)(=O)N1CCCc2cc(NC(=O)C3CCCO3)ccc21. The van der Waals surface area contributed by atoms with Crippen LogP contribution in [0.4, 0.5) is 11.4 Å². The molecule has 1 N–H and O–H groups in total. The van der Waals surface area contributed by atoms with E-state index in [-0.39, 0.29) is 17.8 Å². The Morgan fingerprint density at radius 1 is 1.39 bits per heavy atom. The maximum absolute atomic E-state index is 12.2. The van der Waals surface area contributed by atoms with Crippen LogP contribution in [0, 0.1) is 0 Å². The van der Waals surface area contributed by atoms with Crippen LogP contribution in [0.15, 0.2) is 18.2 Å². The molecule has 1 saturated heterocycles. The van der Waals surface area contributed by atoms with Gasteiger partial charge in [0.1, 0.15) is 6.10 Å². The lowest BCUT2D eigenvalue weighted by atomic mass is 10.0. The van der Waals surface area contributed by atoms with Crippen LogP contribution < -0.4 is 9.62 Å². The van der Waals surface area contributed by atoms with Crippen molar-refractivity contribution in [2.45, 2.75) is 38.7 Å². The van der Waals surface area contributed by atoms with Gasteiger partial charge in [-0.3, -0.25) is 9.10 Å². The Bertz CT molecular complexity index is 696. The van der Waals surface area contributed by atoms with E-state index >= 15 is 0 Å². The molecule has 0 radical (unpaired) electrons. The van der Waals surface area contributed by atoms with Crippen LogP contribution in [0.25, 0.3) is 0 Å². The van der Waals surface area contributed by atoms with Crippen LogP contribution >= 0.6 is 0 Å². The average Bonchev–Trinajstić information content (AvgIpc) is 3.08. The molecule has 1 aromatic carbocycles. The first-order chi connectivity index (χ1) is 11.0. The Labute approximate surface area is 136 Å². The van der Waals surface area contributed by atoms with Crippen molar-refractivity contribution in [3.8, 4) is 0 Å². The fourth-order valence-corrected chi connectivity index (χ4v) is 4.29. The van der Waals surface area contributed by atoms with E-state index in [1.54, 1.807) is 19.1 Å². The molecule has 0 spiro atoms. The molecule has 0 aromatic heterocycles. The molecule has 3 rings (SSSR count). The fraction of sp³-hybridized carbons (Fsp3) is 0.562. The van der Waals surface area contributed by atoms with Crippen molar-refractivity contribution < 1.29 is 17.9 Å². The van der Waals surface area contributed by atoms with Gasteiger partial charge in [0.15, 0.2) is 0 Å². The number of amides is 1. The first-order valence-corrected chi connectivity index (χ1v) is 9.68. The summed E-state index contributed by atoms with van der Waals surface area (Å²) in [5, 5.41) is 2.87. The third kappa shape index (κ3) is 3.35. The minimum Gasteiger partial charge on any atom is -0.368 e. The van der Waals surface area contributed by atoms with Crippen molar-refractivity contribution in [1.82, 2.24) is 0 Å². The van der Waals surface area contributed by atoms with Crippen LogP contribution in [-0.2, 0) is 26.0 Å². The second-order valence-corrected chi connectivity index (χ2v) is 8.09. The second kappa shape index (κ2) is 6.49. The minimum atomic E-state index is -3.26. The first kappa shape index (κ1) is 16.3. The van der Waals surface area contributed by atoms with Crippen LogP contribution in [0.1, 0.15) is 31.7 Å². The summed E-state index contributed by atoms with van der Waals surface area (Å²) in [6, 6.07) is 5.42. The van der Waals surface area contributed by atoms with Crippen LogP contribution in [0.3, 0.4) is 0 Å². The van der Waals surface area contributed by atoms with Gasteiger partial charge in [0.2, 0.25) is 10.0 Å². The molecule has 1 aromatic rings. The lowest BCUT2D eigenvalue weighted by Gasteiger charge is -2.30. The number of fused-ring (bicyclic) bond motifs is 1. The summed E-state index contributed by atoms with van der Waals surface area (Å²) in [4.78, 5) is 12.1. The van der Waals surface area contributed by atoms with Gasteiger partial charge in [0.05, 0.1) is 11.4 Å². The Hall–Kier alpha value is -1.60. The van der Waals surface area contributed by atoms with Gasteiger partial charge in [0, 0.05) is 18.8 Å². The van der Waals surface area contributed by atoms with Crippen molar-refractivity contribution in [2.24, 2.45) is 0 Å². The van der Waals surface area contributed by atoms with E-state index in [0.717, 1.165) is 36.9 Å². The summed E-state index contributed by atoms with van der Waals surface area (Å²) in [7, 11) is -3.26. The van der Waals surface area contributed by atoms with Crippen molar-refractivity contribution in [2.75, 3.05) is 28.5 Å². The molecule has 0 bridgehead atoms. The number of ether oxygens (including phenoxy) is 1. The smallest absolute Gasteiger partial charge is 0.253 e. The zero-order valence-corrected chi connectivity index (χ0v) is 14.1. The summed E-state index contributed by atoms with van der Waals surface area (Å²) in [6.45, 7) is 2.80. The van der Waals surface area contributed by atoms with Crippen molar-refractivity contribution in [1.29, 1.82) is 0 Å². The summed E-state index contributed by atoms with van der Waals surface area (Å²) >= 11 is 0. The Balaban J connectivity index is 1.80. The van der Waals surface area contributed by atoms with E-state index in [0.29, 0.717) is 18.8 Å². The number of sulfonamides is 1. The standard InChI is InChI=1S/C16H22N2O4S/c1-2-23(20,21)18-9-3-5-12-11-13(7-8-14(12)18)17-16(19)15-6-4-10-22-15/h7-8,11,15H,2-6,9-10H2,1H3,(H,17,19). The van der Waals surface area contributed by atoms with Gasteiger partial charge in [-0.15, -0.1) is 0 Å². The number of rotatable bonds is 4. The molecule has 0 saturated carbocycles. The summed E-state index contributed by atoms with van der Waals surface area (Å²) in [6.07, 6.45) is 2.89. The highest BCUT2D eigenvalue weighted by atomic mass is 32.2. The number of aryl methyl sites for hydroxylation is 1. The molecule has 1 atom stereocenters. The zero-order valence-electron chi connectivity index (χ0n) is 13.2. The monoisotopic (exact) mass is 338 g/mol. The maximum Gasteiger partial charge on any atom is 0.253 e. The molecular weight excluding hydrogens is 316 g/mol. The number of carbonyl (C=O) groups excluding carboxylic acids is 1. The molecule has 126 valence electrons. The van der Waals surface area contributed by atoms with E-state index in [1.807, 2.05) is 6.07 Å². The fourth-order valence-electron chi connectivity index (χ4n) is 3.09. The highest BCUT2D eigenvalue weighted by molar-refractivity contribution is 7.92. The van der Waals surface area contributed by atoms with Gasteiger partial charge in [-0.25, -0.2) is 8.42 Å². The normalized spacial score (nSPS) is 21.1. The second-order valence-electron chi connectivity index (χ2n) is 5.91. The first-order valence-electron chi connectivity index (χ1n) is 8.07. The third-order valence-corrected chi connectivity index (χ3v) is 6.13. The van der Waals surface area contributed by atoms with Gasteiger partial charge in [-0.2, -0.15) is 0 Å². The number of carbonyl (C=O) groups is 1. The van der Waals surface area contributed by atoms with Gasteiger partial charge < -0.3 is 10.1 Å². The average molecular weight is 338 g/mol. The quantitative estimate of drug-likeness (QED) is 0.910. The molecule has 2 heterocycles. The van der Waals surface area contributed by atoms with Gasteiger partial charge in [-0.1, -0.05) is 0 Å². The van der Waals surface area contributed by atoms with E-state index in [1.165, 1.54) is 4.31 Å². The molecule has 1 amide bonds. The van der Waals surface area contributed by atoms with E-state index < -0.39 is 10.0 Å². The molecule has 0 aliphatic carbocycles. The van der Waals surface area contributed by atoms with Crippen molar-refractivity contribution in [3.63, 3.8) is 0 Å². The number of hydrogen-bond donors (Lipinski definition) is 1. The summed E-state index contributed by atoms with van der Waals surface area (Å²) < 4.78 is 31.2. The molecule has 6 nitrogen and oxygen atoms in total. The number of hydrogen-bond acceptors (Lipinski definition) is 4. The molecular formula is C16H22N2O4S. The largest absolute Gasteiger partial charge is 0.368 e. The Morgan fingerprint density at radius 2 is 2.22 bits per heavy atom. The molecule has 1 unspecified atom stereocenters. The molecule has 23 heavy (non-hydrogen) atoms. The van der Waals surface area contributed by atoms with Gasteiger partial charge in [-0.05, 0) is 56.4 Å². The highest BCUT2D eigenvalue weighted by Gasteiger charge is 2.27. The van der Waals surface area contributed by atoms with Crippen LogP contribution in [0.2, 0.25) is 0 Å². The number of nitrogens with zero attached hydrogens (tertiary/aromatic N) is 1. The predicted octanol–water partition coefficient (Wildman–Crippen LogP) is 1.91. The van der Waals surface area contributed by atoms with Gasteiger partial charge >= 0.3 is 0 Å². The Kier molecular flexibility index (Phi) is 4.59.